The second-order valence-corrected chi connectivity index (χ2v) is 11.1. The van der Waals surface area contributed by atoms with E-state index in [9.17, 15) is 8.78 Å². The first kappa shape index (κ1) is 25.2. The third-order valence-electron chi connectivity index (χ3n) is 6.06. The zero-order valence-corrected chi connectivity index (χ0v) is 22.9. The molecule has 0 saturated heterocycles. The Kier molecular flexibility index (Phi) is 6.83. The van der Waals surface area contributed by atoms with E-state index in [1.165, 1.54) is 34.8 Å². The second-order valence-electron chi connectivity index (χ2n) is 8.39. The molecule has 6 rings (SSSR count). The minimum atomic E-state index is -0.413. The van der Waals surface area contributed by atoms with Crippen LogP contribution >= 0.6 is 34.4 Å². The molecule has 0 amide bonds. The summed E-state index contributed by atoms with van der Waals surface area (Å²) in [5, 5.41) is 0. The van der Waals surface area contributed by atoms with E-state index in [1.807, 2.05) is 49.4 Å². The van der Waals surface area contributed by atoms with Gasteiger partial charge in [0.15, 0.2) is 0 Å². The van der Waals surface area contributed by atoms with Crippen LogP contribution in [0.3, 0.4) is 0 Å². The number of terminal acetylenes is 1. The normalized spacial score (nSPS) is 11.0. The summed E-state index contributed by atoms with van der Waals surface area (Å²) < 4.78 is 49.0. The van der Waals surface area contributed by atoms with E-state index in [0.717, 1.165) is 53.4 Å². The molecule has 0 spiro atoms. The molecule has 39 heavy (non-hydrogen) atoms. The molecule has 0 radical (unpaired) electrons. The molecule has 0 saturated carbocycles. The highest BCUT2D eigenvalue weighted by molar-refractivity contribution is 7.19. The summed E-state index contributed by atoms with van der Waals surface area (Å²) in [4.78, 5) is 3.50. The van der Waals surface area contributed by atoms with Crippen LogP contribution in [-0.4, -0.2) is 15.4 Å². The number of ether oxygens (including phenoxy) is 2. The summed E-state index contributed by atoms with van der Waals surface area (Å²) in [7, 11) is 0. The van der Waals surface area contributed by atoms with Gasteiger partial charge in [0.25, 0.3) is 0 Å². The summed E-state index contributed by atoms with van der Waals surface area (Å²) in [6, 6.07) is 21.3. The number of halogens is 2. The molecular formula is C30H18F2N2O2S3. The van der Waals surface area contributed by atoms with Crippen LogP contribution in [0.5, 0.6) is 11.5 Å². The highest BCUT2D eigenvalue weighted by atomic mass is 32.1. The summed E-state index contributed by atoms with van der Waals surface area (Å²) in [5.41, 5.74) is 4.38. The Bertz CT molecular complexity index is 1870. The molecule has 0 N–H and O–H groups in total. The van der Waals surface area contributed by atoms with Gasteiger partial charge in [-0.05, 0) is 55.5 Å². The fourth-order valence-corrected chi connectivity index (χ4v) is 6.99. The van der Waals surface area contributed by atoms with Crippen molar-refractivity contribution in [3.05, 3.63) is 84.4 Å². The minimum absolute atomic E-state index is 0.281. The first-order valence-corrected chi connectivity index (χ1v) is 14.2. The number of aromatic nitrogens is 2. The molecule has 3 heterocycles. The van der Waals surface area contributed by atoms with Gasteiger partial charge in [-0.25, -0.2) is 8.78 Å². The molecule has 3 aromatic heterocycles. The zero-order chi connectivity index (χ0) is 26.9. The van der Waals surface area contributed by atoms with Crippen LogP contribution in [0.1, 0.15) is 6.92 Å². The Labute approximate surface area is 235 Å². The molecule has 9 heteroatoms. The smallest absolute Gasteiger partial charge is 0.143 e. The number of benzene rings is 3. The van der Waals surface area contributed by atoms with E-state index in [-0.39, 0.29) is 11.6 Å². The Morgan fingerprint density at radius 2 is 1.15 bits per heavy atom. The lowest BCUT2D eigenvalue weighted by Gasteiger charge is -2.06. The number of hydrogen-bond donors (Lipinski definition) is 0. The van der Waals surface area contributed by atoms with Gasteiger partial charge in [0.05, 0.1) is 18.3 Å². The molecule has 0 bridgehead atoms. The average Bonchev–Trinajstić information content (AvgIpc) is 3.70. The maximum atomic E-state index is 14.8. The van der Waals surface area contributed by atoms with Crippen molar-refractivity contribution < 1.29 is 18.3 Å². The fourth-order valence-electron chi connectivity index (χ4n) is 4.30. The van der Waals surface area contributed by atoms with Gasteiger partial charge in [0, 0.05) is 53.9 Å². The lowest BCUT2D eigenvalue weighted by atomic mass is 10.1. The van der Waals surface area contributed by atoms with E-state index in [2.05, 4.69) is 8.75 Å². The van der Waals surface area contributed by atoms with Crippen LogP contribution in [0.25, 0.3) is 52.8 Å². The van der Waals surface area contributed by atoms with Crippen molar-refractivity contribution in [3.8, 4) is 65.8 Å². The van der Waals surface area contributed by atoms with Gasteiger partial charge in [0.2, 0.25) is 0 Å². The van der Waals surface area contributed by atoms with Gasteiger partial charge in [-0.3, -0.25) is 0 Å². The SMILES string of the molecule is C#COc1ccc(-c2ccc(-c3ccc(-c4ccc(-c5ccc(OCC)cc5F)s4)c4nsnc34)s2)c(F)c1. The number of fused-ring (bicyclic) bond motifs is 1. The van der Waals surface area contributed by atoms with Crippen LogP contribution in [0, 0.1) is 24.2 Å². The molecule has 192 valence electrons. The van der Waals surface area contributed by atoms with Crippen LogP contribution < -0.4 is 9.47 Å². The molecule has 0 atom stereocenters. The largest absolute Gasteiger partial charge is 0.494 e. The van der Waals surface area contributed by atoms with Crippen molar-refractivity contribution in [2.24, 2.45) is 0 Å². The van der Waals surface area contributed by atoms with Gasteiger partial charge < -0.3 is 9.47 Å². The van der Waals surface area contributed by atoms with Crippen LogP contribution in [0.2, 0.25) is 0 Å². The van der Waals surface area contributed by atoms with Gasteiger partial charge in [-0.15, -0.1) is 22.7 Å². The Morgan fingerprint density at radius 1 is 0.692 bits per heavy atom. The van der Waals surface area contributed by atoms with Crippen molar-refractivity contribution in [2.45, 2.75) is 6.92 Å². The van der Waals surface area contributed by atoms with E-state index in [0.29, 0.717) is 23.5 Å². The number of rotatable bonds is 7. The topological polar surface area (TPSA) is 44.2 Å². The maximum absolute atomic E-state index is 14.8. The van der Waals surface area contributed by atoms with Crippen LogP contribution in [0.15, 0.2) is 72.8 Å². The predicted molar refractivity (Wildman–Crippen MR) is 155 cm³/mol. The van der Waals surface area contributed by atoms with Gasteiger partial charge in [0.1, 0.15) is 40.3 Å². The van der Waals surface area contributed by atoms with Crippen LogP contribution in [-0.2, 0) is 0 Å². The van der Waals surface area contributed by atoms with Gasteiger partial charge in [-0.1, -0.05) is 18.6 Å². The van der Waals surface area contributed by atoms with Crippen molar-refractivity contribution >= 4 is 45.4 Å². The Hall–Kier alpha value is -4.10. The summed E-state index contributed by atoms with van der Waals surface area (Å²) >= 11 is 4.10. The van der Waals surface area contributed by atoms with Gasteiger partial charge >= 0.3 is 0 Å². The molecule has 6 aromatic rings. The predicted octanol–water partition coefficient (Wildman–Crippen LogP) is 9.13. The highest BCUT2D eigenvalue weighted by Gasteiger charge is 2.18. The van der Waals surface area contributed by atoms with Crippen molar-refractivity contribution in [2.75, 3.05) is 6.61 Å². The number of thiophene rings is 2. The number of hydrogen-bond acceptors (Lipinski definition) is 7. The maximum Gasteiger partial charge on any atom is 0.143 e. The van der Waals surface area contributed by atoms with Crippen LogP contribution in [0.4, 0.5) is 8.78 Å². The molecule has 0 aliphatic carbocycles. The number of nitrogens with zero attached hydrogens (tertiary/aromatic N) is 2. The van der Waals surface area contributed by atoms with E-state index in [4.69, 9.17) is 15.9 Å². The monoisotopic (exact) mass is 572 g/mol. The lowest BCUT2D eigenvalue weighted by Crippen LogP contribution is -1.92. The standard InChI is InChI=1S/C30H18F2N2O2S3/c1-3-35-17-5-7-19(23(31)15-17)25-11-13-27(37-25)21-9-10-22(30-29(21)33-39-34-30)28-14-12-26(38-28)20-8-6-18(36-4-2)16-24(20)32/h1,5-16H,4H2,2H3. The van der Waals surface area contributed by atoms with E-state index < -0.39 is 5.82 Å². The quantitative estimate of drug-likeness (QED) is 0.179. The van der Waals surface area contributed by atoms with Crippen molar-refractivity contribution in [1.82, 2.24) is 8.75 Å². The third kappa shape index (κ3) is 4.79. The molecule has 3 aromatic carbocycles. The Morgan fingerprint density at radius 3 is 1.64 bits per heavy atom. The summed E-state index contributed by atoms with van der Waals surface area (Å²) in [6.07, 6.45) is 7.19. The first-order valence-electron chi connectivity index (χ1n) is 11.9. The molecule has 0 unspecified atom stereocenters. The van der Waals surface area contributed by atoms with E-state index >= 15 is 0 Å². The summed E-state index contributed by atoms with van der Waals surface area (Å²) in [6.45, 7) is 2.35. The first-order chi connectivity index (χ1) is 19.1. The zero-order valence-electron chi connectivity index (χ0n) is 20.4. The lowest BCUT2D eigenvalue weighted by molar-refractivity contribution is 0.338. The Balaban J connectivity index is 1.33. The van der Waals surface area contributed by atoms with Crippen molar-refractivity contribution in [3.63, 3.8) is 0 Å². The second kappa shape index (κ2) is 10.6. The van der Waals surface area contributed by atoms with Gasteiger partial charge in [-0.2, -0.15) is 8.75 Å². The highest BCUT2D eigenvalue weighted by Crippen LogP contribution is 2.43. The third-order valence-corrected chi connectivity index (χ3v) is 8.89. The minimum Gasteiger partial charge on any atom is -0.494 e. The molecule has 0 fully saturated rings. The molecular weight excluding hydrogens is 555 g/mol. The van der Waals surface area contributed by atoms with Crippen molar-refractivity contribution in [1.29, 1.82) is 0 Å². The molecule has 4 nitrogen and oxygen atoms in total. The molecule has 0 aliphatic heterocycles. The average molecular weight is 573 g/mol. The fraction of sp³-hybridized carbons (Fsp3) is 0.0667. The molecule has 0 aliphatic rings. The summed E-state index contributed by atoms with van der Waals surface area (Å²) in [5.74, 6) is 0.0527. The van der Waals surface area contributed by atoms with E-state index in [1.54, 1.807) is 24.3 Å².